The first kappa shape index (κ1) is 13.1. The minimum absolute atomic E-state index is 0.353. The molecule has 0 spiro atoms. The summed E-state index contributed by atoms with van der Waals surface area (Å²) < 4.78 is 61.1. The van der Waals surface area contributed by atoms with Crippen molar-refractivity contribution in [2.75, 3.05) is 0 Å². The van der Waals surface area contributed by atoms with E-state index in [1.165, 1.54) is 0 Å². The zero-order valence-electron chi connectivity index (χ0n) is 8.02. The van der Waals surface area contributed by atoms with Crippen LogP contribution in [0.25, 0.3) is 0 Å². The minimum Gasteiger partial charge on any atom is -0.481 e. The van der Waals surface area contributed by atoms with Gasteiger partial charge in [-0.25, -0.2) is 0 Å². The first-order chi connectivity index (χ1) is 7.00. The monoisotopic (exact) mass is 247 g/mol. The van der Waals surface area contributed by atoms with Gasteiger partial charge in [-0.05, 0) is 12.8 Å². The number of hydrogen-bond donors (Lipinski definition) is 2. The van der Waals surface area contributed by atoms with Crippen LogP contribution in [-0.4, -0.2) is 29.2 Å². The third-order valence-electron chi connectivity index (χ3n) is 2.73. The fraction of sp³-hybridized carbons (Fsp3) is 0.875. The molecule has 3 nitrogen and oxygen atoms in total. The van der Waals surface area contributed by atoms with Crippen LogP contribution in [-0.2, 0) is 4.79 Å². The van der Waals surface area contributed by atoms with E-state index in [2.05, 4.69) is 0 Å². The van der Waals surface area contributed by atoms with Gasteiger partial charge in [0.1, 0.15) is 0 Å². The summed E-state index contributed by atoms with van der Waals surface area (Å²) in [6.07, 6.45) is -8.18. The van der Waals surface area contributed by atoms with Crippen molar-refractivity contribution in [3.05, 3.63) is 0 Å². The molecule has 0 amide bonds. The quantitative estimate of drug-likeness (QED) is 0.747. The maximum Gasteiger partial charge on any atom is 0.453 e. The van der Waals surface area contributed by atoms with Crippen molar-refractivity contribution in [2.45, 2.75) is 37.4 Å². The predicted octanol–water partition coefficient (Wildman–Crippen LogP) is 1.77. The molecule has 1 rings (SSSR count). The first-order valence-electron chi connectivity index (χ1n) is 4.44. The molecule has 94 valence electrons. The van der Waals surface area contributed by atoms with E-state index in [0.29, 0.717) is 0 Å². The summed E-state index contributed by atoms with van der Waals surface area (Å²) in [5.74, 6) is -6.65. The molecule has 0 atom stereocenters. The summed E-state index contributed by atoms with van der Waals surface area (Å²) >= 11 is 0. The third-order valence-corrected chi connectivity index (χ3v) is 2.73. The molecule has 0 bridgehead atoms. The maximum atomic E-state index is 12.7. The number of nitrogens with two attached hydrogens (primary N) is 1. The van der Waals surface area contributed by atoms with Crippen molar-refractivity contribution < 1.29 is 31.9 Å². The summed E-state index contributed by atoms with van der Waals surface area (Å²) in [7, 11) is 0. The molecular formula is C8H10F5NO2. The van der Waals surface area contributed by atoms with Gasteiger partial charge in [0.25, 0.3) is 0 Å². The molecular weight excluding hydrogens is 237 g/mol. The van der Waals surface area contributed by atoms with Crippen LogP contribution in [0, 0.1) is 5.41 Å². The second kappa shape index (κ2) is 3.54. The summed E-state index contributed by atoms with van der Waals surface area (Å²) in [5, 5.41) is 8.67. The molecule has 0 aromatic carbocycles. The number of aliphatic carboxylic acids is 1. The highest BCUT2D eigenvalue weighted by Gasteiger charge is 2.64. The Kier molecular flexibility index (Phi) is 2.91. The van der Waals surface area contributed by atoms with Crippen LogP contribution in [0.2, 0.25) is 0 Å². The molecule has 0 aliphatic heterocycles. The van der Waals surface area contributed by atoms with Crippen molar-refractivity contribution in [1.29, 1.82) is 0 Å². The van der Waals surface area contributed by atoms with E-state index in [-0.39, 0.29) is 12.8 Å². The molecule has 1 saturated carbocycles. The van der Waals surface area contributed by atoms with Gasteiger partial charge in [0, 0.05) is 12.5 Å². The van der Waals surface area contributed by atoms with E-state index in [0.717, 1.165) is 0 Å². The Balaban J connectivity index is 2.83. The smallest absolute Gasteiger partial charge is 0.453 e. The second-order valence-corrected chi connectivity index (χ2v) is 4.13. The standard InChI is InChI=1S/C8H10F5NO2/c9-7(10,8(11,12)13)3-6(5(15)16)1-4(14)2-6/h4H,1-3,14H2,(H,15,16). The van der Waals surface area contributed by atoms with Crippen LogP contribution in [0.1, 0.15) is 19.3 Å². The predicted molar refractivity (Wildman–Crippen MR) is 42.9 cm³/mol. The van der Waals surface area contributed by atoms with Crippen molar-refractivity contribution in [3.63, 3.8) is 0 Å². The Bertz CT molecular complexity index is 295. The van der Waals surface area contributed by atoms with Gasteiger partial charge in [0.05, 0.1) is 5.41 Å². The number of carbonyl (C=O) groups is 1. The fourth-order valence-corrected chi connectivity index (χ4v) is 1.86. The highest BCUT2D eigenvalue weighted by Crippen LogP contribution is 2.51. The fourth-order valence-electron chi connectivity index (χ4n) is 1.86. The molecule has 0 saturated heterocycles. The second-order valence-electron chi connectivity index (χ2n) is 4.13. The normalized spacial score (nSPS) is 31.0. The molecule has 3 N–H and O–H groups in total. The van der Waals surface area contributed by atoms with Gasteiger partial charge in [-0.15, -0.1) is 0 Å². The lowest BCUT2D eigenvalue weighted by Gasteiger charge is -2.44. The summed E-state index contributed by atoms with van der Waals surface area (Å²) in [5.41, 5.74) is 3.19. The average Bonchev–Trinajstić information content (AvgIpc) is 1.97. The number of hydrogen-bond acceptors (Lipinski definition) is 2. The molecule has 16 heavy (non-hydrogen) atoms. The first-order valence-corrected chi connectivity index (χ1v) is 4.44. The van der Waals surface area contributed by atoms with Crippen molar-refractivity contribution in [3.8, 4) is 0 Å². The molecule has 0 aromatic rings. The highest BCUT2D eigenvalue weighted by atomic mass is 19.4. The van der Waals surface area contributed by atoms with Crippen LogP contribution in [0.15, 0.2) is 0 Å². The lowest BCUT2D eigenvalue weighted by molar-refractivity contribution is -0.295. The largest absolute Gasteiger partial charge is 0.481 e. The zero-order chi connectivity index (χ0) is 12.8. The Hall–Kier alpha value is -0.920. The van der Waals surface area contributed by atoms with E-state index in [9.17, 15) is 26.7 Å². The van der Waals surface area contributed by atoms with Crippen molar-refractivity contribution in [2.24, 2.45) is 11.1 Å². The van der Waals surface area contributed by atoms with Crippen LogP contribution in [0.4, 0.5) is 22.0 Å². The van der Waals surface area contributed by atoms with Crippen molar-refractivity contribution in [1.82, 2.24) is 0 Å². The third kappa shape index (κ3) is 2.11. The number of halogens is 5. The van der Waals surface area contributed by atoms with E-state index in [4.69, 9.17) is 10.8 Å². The molecule has 8 heteroatoms. The topological polar surface area (TPSA) is 63.3 Å². The summed E-state index contributed by atoms with van der Waals surface area (Å²) in [4.78, 5) is 10.7. The van der Waals surface area contributed by atoms with Gasteiger partial charge >= 0.3 is 18.1 Å². The molecule has 0 unspecified atom stereocenters. The Morgan fingerprint density at radius 1 is 1.31 bits per heavy atom. The van der Waals surface area contributed by atoms with Crippen LogP contribution in [0.3, 0.4) is 0 Å². The van der Waals surface area contributed by atoms with Crippen LogP contribution < -0.4 is 5.73 Å². The minimum atomic E-state index is -5.73. The van der Waals surface area contributed by atoms with E-state index < -0.39 is 35.9 Å². The Labute approximate surface area is 87.4 Å². The Morgan fingerprint density at radius 3 is 2.00 bits per heavy atom. The van der Waals surface area contributed by atoms with E-state index in [1.807, 2.05) is 0 Å². The number of rotatable bonds is 3. The van der Waals surface area contributed by atoms with E-state index in [1.54, 1.807) is 0 Å². The molecule has 1 aliphatic rings. The lowest BCUT2D eigenvalue weighted by atomic mass is 9.62. The summed E-state index contributed by atoms with van der Waals surface area (Å²) in [6.45, 7) is 0. The van der Waals surface area contributed by atoms with Crippen LogP contribution >= 0.6 is 0 Å². The summed E-state index contributed by atoms with van der Waals surface area (Å²) in [6, 6.07) is -0.625. The Morgan fingerprint density at radius 2 is 1.75 bits per heavy atom. The molecule has 1 fully saturated rings. The zero-order valence-corrected chi connectivity index (χ0v) is 8.02. The highest BCUT2D eigenvalue weighted by molar-refractivity contribution is 5.76. The van der Waals surface area contributed by atoms with Gasteiger partial charge in [-0.1, -0.05) is 0 Å². The van der Waals surface area contributed by atoms with Gasteiger partial charge in [0.15, 0.2) is 0 Å². The molecule has 1 aliphatic carbocycles. The van der Waals surface area contributed by atoms with Crippen molar-refractivity contribution >= 4 is 5.97 Å². The van der Waals surface area contributed by atoms with Crippen LogP contribution in [0.5, 0.6) is 0 Å². The maximum absolute atomic E-state index is 12.7. The number of carboxylic acids is 1. The molecule has 0 heterocycles. The van der Waals surface area contributed by atoms with Gasteiger partial charge < -0.3 is 10.8 Å². The molecule has 0 aromatic heterocycles. The number of carboxylic acid groups (broad SMARTS) is 1. The van der Waals surface area contributed by atoms with Gasteiger partial charge in [-0.3, -0.25) is 4.79 Å². The van der Waals surface area contributed by atoms with E-state index >= 15 is 0 Å². The van der Waals surface area contributed by atoms with Gasteiger partial charge in [0.2, 0.25) is 0 Å². The lowest BCUT2D eigenvalue weighted by Crippen LogP contribution is -2.55. The van der Waals surface area contributed by atoms with Gasteiger partial charge in [-0.2, -0.15) is 22.0 Å². The SMILES string of the molecule is NC1CC(CC(F)(F)C(F)(F)F)(C(=O)O)C1. The average molecular weight is 247 g/mol. The molecule has 0 radical (unpaired) electrons. The number of alkyl halides is 5.